The third-order valence-electron chi connectivity index (χ3n) is 3.81. The van der Waals surface area contributed by atoms with Gasteiger partial charge in [0.2, 0.25) is 0 Å². The lowest BCUT2D eigenvalue weighted by atomic mass is 10.1. The van der Waals surface area contributed by atoms with Crippen molar-refractivity contribution in [2.45, 2.75) is 24.9 Å². The monoisotopic (exact) mass is 182 g/mol. The van der Waals surface area contributed by atoms with Gasteiger partial charge in [-0.05, 0) is 25.3 Å². The Morgan fingerprint density at radius 3 is 3.00 bits per heavy atom. The third-order valence-corrected chi connectivity index (χ3v) is 3.81. The fourth-order valence-corrected chi connectivity index (χ4v) is 2.99. The summed E-state index contributed by atoms with van der Waals surface area (Å²) in [6, 6.07) is 1.52. The number of likely N-dealkylation sites (tertiary alicyclic amines) is 1. The van der Waals surface area contributed by atoms with Crippen LogP contribution in [-0.2, 0) is 4.74 Å². The highest BCUT2D eigenvalue weighted by atomic mass is 16.5. The molecule has 3 saturated heterocycles. The fourth-order valence-electron chi connectivity index (χ4n) is 2.99. The van der Waals surface area contributed by atoms with Crippen LogP contribution in [0.2, 0.25) is 0 Å². The van der Waals surface area contributed by atoms with Gasteiger partial charge >= 0.3 is 0 Å². The lowest BCUT2D eigenvalue weighted by Crippen LogP contribution is -2.37. The number of rotatable bonds is 1. The highest BCUT2D eigenvalue weighted by Gasteiger charge is 2.39. The molecule has 0 saturated carbocycles. The molecule has 3 unspecified atom stereocenters. The summed E-state index contributed by atoms with van der Waals surface area (Å²) in [6.45, 7) is 5.76. The van der Waals surface area contributed by atoms with Crippen molar-refractivity contribution < 1.29 is 4.74 Å². The van der Waals surface area contributed by atoms with Gasteiger partial charge in [0.15, 0.2) is 0 Å². The lowest BCUT2D eigenvalue weighted by Gasteiger charge is -2.22. The second kappa shape index (κ2) is 3.23. The van der Waals surface area contributed by atoms with E-state index in [4.69, 9.17) is 4.74 Å². The highest BCUT2D eigenvalue weighted by Crippen LogP contribution is 2.27. The van der Waals surface area contributed by atoms with Gasteiger partial charge in [-0.1, -0.05) is 0 Å². The maximum absolute atomic E-state index is 5.43. The van der Waals surface area contributed by atoms with Crippen LogP contribution < -0.4 is 5.32 Å². The molecular formula is C10H18N2O. The van der Waals surface area contributed by atoms with E-state index in [9.17, 15) is 0 Å². The zero-order valence-corrected chi connectivity index (χ0v) is 8.04. The van der Waals surface area contributed by atoms with Crippen molar-refractivity contribution in [3.05, 3.63) is 0 Å². The van der Waals surface area contributed by atoms with Crippen molar-refractivity contribution in [3.8, 4) is 0 Å². The summed E-state index contributed by atoms with van der Waals surface area (Å²) in [5.74, 6) is 0.931. The number of nitrogens with zero attached hydrogens (tertiary/aromatic N) is 1. The van der Waals surface area contributed by atoms with Crippen molar-refractivity contribution in [2.24, 2.45) is 5.92 Å². The largest absolute Gasteiger partial charge is 0.380 e. The topological polar surface area (TPSA) is 24.5 Å². The summed E-state index contributed by atoms with van der Waals surface area (Å²) in [4.78, 5) is 2.63. The van der Waals surface area contributed by atoms with E-state index in [0.29, 0.717) is 0 Å². The molecule has 0 aromatic carbocycles. The molecule has 3 nitrogen and oxygen atoms in total. The fraction of sp³-hybridized carbons (Fsp3) is 1.00. The van der Waals surface area contributed by atoms with E-state index in [1.807, 2.05) is 0 Å². The van der Waals surface area contributed by atoms with Crippen LogP contribution >= 0.6 is 0 Å². The first kappa shape index (κ1) is 8.21. The smallest absolute Gasteiger partial charge is 0.0622 e. The van der Waals surface area contributed by atoms with Crippen LogP contribution in [0, 0.1) is 5.92 Å². The van der Waals surface area contributed by atoms with Crippen LogP contribution in [-0.4, -0.2) is 49.8 Å². The molecule has 3 heterocycles. The van der Waals surface area contributed by atoms with E-state index >= 15 is 0 Å². The second-order valence-corrected chi connectivity index (χ2v) is 4.58. The van der Waals surface area contributed by atoms with Crippen LogP contribution in [0.15, 0.2) is 0 Å². The average Bonchev–Trinajstić information content (AvgIpc) is 2.78. The zero-order chi connectivity index (χ0) is 8.67. The Hall–Kier alpha value is -0.120. The molecule has 3 aliphatic rings. The Morgan fingerprint density at radius 1 is 1.23 bits per heavy atom. The minimum absolute atomic E-state index is 0.729. The van der Waals surface area contributed by atoms with Gasteiger partial charge in [0.1, 0.15) is 0 Å². The van der Waals surface area contributed by atoms with Crippen LogP contribution in [0.4, 0.5) is 0 Å². The molecule has 0 amide bonds. The minimum Gasteiger partial charge on any atom is -0.380 e. The lowest BCUT2D eigenvalue weighted by molar-refractivity contribution is 0.155. The Balaban J connectivity index is 1.62. The molecule has 3 rings (SSSR count). The van der Waals surface area contributed by atoms with Crippen molar-refractivity contribution in [1.29, 1.82) is 0 Å². The highest BCUT2D eigenvalue weighted by molar-refractivity contribution is 4.96. The quantitative estimate of drug-likeness (QED) is 0.621. The summed E-state index contributed by atoms with van der Waals surface area (Å²) < 4.78 is 5.43. The molecule has 3 aliphatic heterocycles. The van der Waals surface area contributed by atoms with Crippen LogP contribution in [0.1, 0.15) is 12.8 Å². The molecule has 74 valence electrons. The van der Waals surface area contributed by atoms with Gasteiger partial charge < -0.3 is 10.1 Å². The maximum Gasteiger partial charge on any atom is 0.0622 e. The predicted octanol–water partition coefficient (Wildman–Crippen LogP) is 0.0690. The number of hydrogen-bond acceptors (Lipinski definition) is 3. The zero-order valence-electron chi connectivity index (χ0n) is 8.04. The van der Waals surface area contributed by atoms with Gasteiger partial charge in [-0.3, -0.25) is 4.90 Å². The standard InChI is InChI=1S/C10H18N2O/c1-3-11-10-6-12(5-8(1)10)9-2-4-13-7-9/h8-11H,1-7H2. The number of ether oxygens (including phenoxy) is 1. The van der Waals surface area contributed by atoms with Crippen LogP contribution in [0.25, 0.3) is 0 Å². The number of nitrogens with one attached hydrogen (secondary N) is 1. The third kappa shape index (κ3) is 1.39. The SMILES string of the molecule is C1CC2CN(C3CCOC3)CC2N1. The number of fused-ring (bicyclic) bond motifs is 1. The van der Waals surface area contributed by atoms with E-state index in [1.54, 1.807) is 0 Å². The van der Waals surface area contributed by atoms with E-state index in [0.717, 1.165) is 31.2 Å². The van der Waals surface area contributed by atoms with Crippen molar-refractivity contribution in [3.63, 3.8) is 0 Å². The van der Waals surface area contributed by atoms with E-state index < -0.39 is 0 Å². The van der Waals surface area contributed by atoms with Gasteiger partial charge in [-0.15, -0.1) is 0 Å². The van der Waals surface area contributed by atoms with Crippen LogP contribution in [0.5, 0.6) is 0 Å². The molecular weight excluding hydrogens is 164 g/mol. The summed E-state index contributed by atoms with van der Waals surface area (Å²) in [7, 11) is 0. The Kier molecular flexibility index (Phi) is 2.04. The van der Waals surface area contributed by atoms with Gasteiger partial charge in [0.25, 0.3) is 0 Å². The summed E-state index contributed by atoms with van der Waals surface area (Å²) in [6.07, 6.45) is 2.63. The Labute approximate surface area is 79.4 Å². The van der Waals surface area contributed by atoms with Crippen molar-refractivity contribution >= 4 is 0 Å². The number of hydrogen-bond donors (Lipinski definition) is 1. The molecule has 3 atom stereocenters. The van der Waals surface area contributed by atoms with Crippen molar-refractivity contribution in [2.75, 3.05) is 32.8 Å². The first-order valence-electron chi connectivity index (χ1n) is 5.48. The molecule has 0 aromatic heterocycles. The summed E-state index contributed by atoms with van der Waals surface area (Å²) in [5, 5.41) is 3.59. The summed E-state index contributed by atoms with van der Waals surface area (Å²) >= 11 is 0. The van der Waals surface area contributed by atoms with Gasteiger partial charge in [-0.2, -0.15) is 0 Å². The van der Waals surface area contributed by atoms with Gasteiger partial charge in [0.05, 0.1) is 6.61 Å². The van der Waals surface area contributed by atoms with Crippen LogP contribution in [0.3, 0.4) is 0 Å². The van der Waals surface area contributed by atoms with Crippen molar-refractivity contribution in [1.82, 2.24) is 10.2 Å². The van der Waals surface area contributed by atoms with E-state index in [-0.39, 0.29) is 0 Å². The Morgan fingerprint density at radius 2 is 2.23 bits per heavy atom. The van der Waals surface area contributed by atoms with Gasteiger partial charge in [0, 0.05) is 31.8 Å². The molecule has 3 heteroatoms. The molecule has 13 heavy (non-hydrogen) atoms. The molecule has 0 radical (unpaired) electrons. The predicted molar refractivity (Wildman–Crippen MR) is 50.7 cm³/mol. The second-order valence-electron chi connectivity index (χ2n) is 4.58. The minimum atomic E-state index is 0.729. The normalized spacial score (nSPS) is 45.7. The molecule has 0 aliphatic carbocycles. The molecule has 0 bridgehead atoms. The Bertz CT molecular complexity index is 179. The maximum atomic E-state index is 5.43. The first-order valence-corrected chi connectivity index (χ1v) is 5.48. The molecule has 1 N–H and O–H groups in total. The van der Waals surface area contributed by atoms with Gasteiger partial charge in [-0.25, -0.2) is 0 Å². The van der Waals surface area contributed by atoms with E-state index in [2.05, 4.69) is 10.2 Å². The molecule has 3 fully saturated rings. The molecule has 0 spiro atoms. The summed E-state index contributed by atoms with van der Waals surface area (Å²) in [5.41, 5.74) is 0. The average molecular weight is 182 g/mol. The first-order chi connectivity index (χ1) is 6.43. The molecule has 0 aromatic rings. The van der Waals surface area contributed by atoms with E-state index in [1.165, 1.54) is 32.5 Å².